The van der Waals surface area contributed by atoms with Crippen molar-refractivity contribution in [2.45, 2.75) is 46.6 Å². The van der Waals surface area contributed by atoms with Gasteiger partial charge in [-0.2, -0.15) is 0 Å². The maximum atomic E-state index is 8.67. The molecular formula is C14H35N3O2. The molecule has 0 rings (SSSR count). The molecular weight excluding hydrogens is 242 g/mol. The van der Waals surface area contributed by atoms with E-state index in [-0.39, 0.29) is 13.3 Å². The van der Waals surface area contributed by atoms with Gasteiger partial charge in [0.2, 0.25) is 0 Å². The van der Waals surface area contributed by atoms with Crippen molar-refractivity contribution in [1.82, 2.24) is 10.2 Å². The normalized spacial score (nSPS) is 13.9. The molecule has 5 nitrogen and oxygen atoms in total. The highest BCUT2D eigenvalue weighted by molar-refractivity contribution is 4.59. The van der Waals surface area contributed by atoms with Crippen LogP contribution in [0.15, 0.2) is 0 Å². The predicted molar refractivity (Wildman–Crippen MR) is 82.0 cm³/mol. The Hall–Kier alpha value is -0.200. The van der Waals surface area contributed by atoms with E-state index in [0.29, 0.717) is 12.0 Å². The molecule has 0 amide bonds. The third-order valence-corrected chi connectivity index (χ3v) is 3.34. The second-order valence-electron chi connectivity index (χ2n) is 4.91. The van der Waals surface area contributed by atoms with Gasteiger partial charge >= 0.3 is 0 Å². The van der Waals surface area contributed by atoms with Gasteiger partial charge in [0.1, 0.15) is 0 Å². The number of nitrogens with two attached hydrogens (primary N) is 1. The van der Waals surface area contributed by atoms with E-state index in [0.717, 1.165) is 32.6 Å². The van der Waals surface area contributed by atoms with Crippen molar-refractivity contribution in [1.29, 1.82) is 0 Å². The molecule has 0 bridgehead atoms. The Balaban J connectivity index is 0. The van der Waals surface area contributed by atoms with Crippen LogP contribution in [0.25, 0.3) is 0 Å². The third-order valence-electron chi connectivity index (χ3n) is 3.34. The van der Waals surface area contributed by atoms with E-state index >= 15 is 0 Å². The zero-order valence-corrected chi connectivity index (χ0v) is 13.2. The molecule has 0 spiro atoms. The fourth-order valence-electron chi connectivity index (χ4n) is 1.45. The Morgan fingerprint density at radius 1 is 1.16 bits per heavy atom. The lowest BCUT2D eigenvalue weighted by Gasteiger charge is -2.18. The Bertz CT molecular complexity index is 169. The molecule has 2 atom stereocenters. The number of aliphatic hydroxyl groups excluding tert-OH is 2. The number of hydrogen-bond acceptors (Lipinski definition) is 5. The first-order valence-electron chi connectivity index (χ1n) is 7.43. The lowest BCUT2D eigenvalue weighted by atomic mass is 10.0. The minimum absolute atomic E-state index is 0.0477. The topological polar surface area (TPSA) is 81.8 Å². The standard InChI is InChI=1S/C8H20N2O2.C6H15N/c1-2-10(6-7-11)5-3-4-9-8-12;1-4-5(2)6(3)7/h9,11-12H,2-8H2,1H3;5-6H,4,7H2,1-3H3. The first-order chi connectivity index (χ1) is 9.03. The average Bonchev–Trinajstić information content (AvgIpc) is 2.41. The quantitative estimate of drug-likeness (QED) is 0.347. The lowest BCUT2D eigenvalue weighted by Crippen LogP contribution is -2.30. The zero-order valence-electron chi connectivity index (χ0n) is 13.2. The third kappa shape index (κ3) is 15.7. The van der Waals surface area contributed by atoms with Gasteiger partial charge in [-0.15, -0.1) is 0 Å². The summed E-state index contributed by atoms with van der Waals surface area (Å²) in [4.78, 5) is 2.18. The molecule has 5 N–H and O–H groups in total. The zero-order chi connectivity index (χ0) is 15.1. The van der Waals surface area contributed by atoms with Crippen LogP contribution in [-0.2, 0) is 0 Å². The summed E-state index contributed by atoms with van der Waals surface area (Å²) in [6.45, 7) is 12.3. The van der Waals surface area contributed by atoms with Crippen molar-refractivity contribution in [3.05, 3.63) is 0 Å². The largest absolute Gasteiger partial charge is 0.395 e. The maximum Gasteiger partial charge on any atom is 0.0931 e. The fraction of sp³-hybridized carbons (Fsp3) is 1.00. The summed E-state index contributed by atoms with van der Waals surface area (Å²) in [6.07, 6.45) is 2.20. The Kier molecular flexibility index (Phi) is 17.6. The molecule has 0 saturated carbocycles. The summed E-state index contributed by atoms with van der Waals surface area (Å²) in [5.41, 5.74) is 5.55. The summed E-state index contributed by atoms with van der Waals surface area (Å²) in [6, 6.07) is 0.366. The van der Waals surface area contributed by atoms with E-state index in [1.54, 1.807) is 0 Å². The summed E-state index contributed by atoms with van der Waals surface area (Å²) in [7, 11) is 0. The van der Waals surface area contributed by atoms with E-state index in [2.05, 4.69) is 31.0 Å². The summed E-state index contributed by atoms with van der Waals surface area (Å²) in [5.74, 6) is 0.681. The lowest BCUT2D eigenvalue weighted by molar-refractivity contribution is 0.197. The Morgan fingerprint density at radius 2 is 1.79 bits per heavy atom. The van der Waals surface area contributed by atoms with Crippen LogP contribution in [0.2, 0.25) is 0 Å². The molecule has 0 aromatic carbocycles. The molecule has 0 saturated heterocycles. The van der Waals surface area contributed by atoms with Crippen molar-refractivity contribution >= 4 is 0 Å². The van der Waals surface area contributed by atoms with Crippen LogP contribution in [0.5, 0.6) is 0 Å². The molecule has 0 heterocycles. The van der Waals surface area contributed by atoms with Crippen LogP contribution >= 0.6 is 0 Å². The minimum Gasteiger partial charge on any atom is -0.395 e. The van der Waals surface area contributed by atoms with Crippen LogP contribution in [0.1, 0.15) is 40.5 Å². The molecule has 0 aliphatic heterocycles. The van der Waals surface area contributed by atoms with Gasteiger partial charge < -0.3 is 20.8 Å². The van der Waals surface area contributed by atoms with Gasteiger partial charge in [-0.1, -0.05) is 27.2 Å². The summed E-state index contributed by atoms with van der Waals surface area (Å²) < 4.78 is 0. The molecule has 0 aromatic heterocycles. The summed E-state index contributed by atoms with van der Waals surface area (Å²) in [5, 5.41) is 19.9. The predicted octanol–water partition coefficient (Wildman–Crippen LogP) is 0.610. The molecule has 0 aromatic rings. The molecule has 118 valence electrons. The van der Waals surface area contributed by atoms with Gasteiger partial charge in [-0.25, -0.2) is 0 Å². The molecule has 19 heavy (non-hydrogen) atoms. The van der Waals surface area contributed by atoms with Crippen LogP contribution in [0, 0.1) is 5.92 Å². The molecule has 0 aliphatic rings. The van der Waals surface area contributed by atoms with Crippen molar-refractivity contribution in [3.8, 4) is 0 Å². The fourth-order valence-corrected chi connectivity index (χ4v) is 1.45. The number of nitrogens with zero attached hydrogens (tertiary/aromatic N) is 1. The Morgan fingerprint density at radius 3 is 2.11 bits per heavy atom. The van der Waals surface area contributed by atoms with Gasteiger partial charge in [-0.3, -0.25) is 5.32 Å². The van der Waals surface area contributed by atoms with Crippen molar-refractivity contribution in [2.24, 2.45) is 11.7 Å². The van der Waals surface area contributed by atoms with Gasteiger partial charge in [0.15, 0.2) is 0 Å². The first-order valence-corrected chi connectivity index (χ1v) is 7.43. The van der Waals surface area contributed by atoms with Crippen molar-refractivity contribution < 1.29 is 10.2 Å². The van der Waals surface area contributed by atoms with Crippen molar-refractivity contribution in [3.63, 3.8) is 0 Å². The first kappa shape index (κ1) is 21.1. The monoisotopic (exact) mass is 277 g/mol. The van der Waals surface area contributed by atoms with Gasteiger partial charge in [0, 0.05) is 12.6 Å². The van der Waals surface area contributed by atoms with E-state index in [1.165, 1.54) is 6.42 Å². The molecule has 0 radical (unpaired) electrons. The number of nitrogens with one attached hydrogen (secondary N) is 1. The highest BCUT2D eigenvalue weighted by Gasteiger charge is 2.01. The van der Waals surface area contributed by atoms with Crippen LogP contribution in [-0.4, -0.2) is 60.7 Å². The van der Waals surface area contributed by atoms with Crippen LogP contribution in [0.4, 0.5) is 0 Å². The van der Waals surface area contributed by atoms with E-state index in [4.69, 9.17) is 15.9 Å². The smallest absolute Gasteiger partial charge is 0.0931 e. The van der Waals surface area contributed by atoms with E-state index in [1.807, 2.05) is 6.92 Å². The molecule has 0 fully saturated rings. The van der Waals surface area contributed by atoms with Gasteiger partial charge in [-0.05, 0) is 38.9 Å². The van der Waals surface area contributed by atoms with Gasteiger partial charge in [0.25, 0.3) is 0 Å². The Labute approximate surface area is 119 Å². The molecule has 2 unspecified atom stereocenters. The van der Waals surface area contributed by atoms with Crippen LogP contribution < -0.4 is 11.1 Å². The van der Waals surface area contributed by atoms with Crippen molar-refractivity contribution in [2.75, 3.05) is 39.5 Å². The molecule has 0 aliphatic carbocycles. The number of aliphatic hydroxyl groups is 2. The minimum atomic E-state index is 0.0477. The second kappa shape index (κ2) is 15.9. The molecule has 5 heteroatoms. The maximum absolute atomic E-state index is 8.67. The van der Waals surface area contributed by atoms with Gasteiger partial charge in [0.05, 0.1) is 13.3 Å². The van der Waals surface area contributed by atoms with E-state index in [9.17, 15) is 0 Å². The number of hydrogen-bond donors (Lipinski definition) is 4. The summed E-state index contributed by atoms with van der Waals surface area (Å²) >= 11 is 0. The SMILES string of the molecule is CCC(C)C(C)N.CCN(CCO)CCCNCO. The number of likely N-dealkylation sites (N-methyl/N-ethyl adjacent to an activating group) is 1. The second-order valence-corrected chi connectivity index (χ2v) is 4.91. The average molecular weight is 277 g/mol. The highest BCUT2D eigenvalue weighted by Crippen LogP contribution is 2.02. The van der Waals surface area contributed by atoms with Crippen LogP contribution in [0.3, 0.4) is 0 Å². The number of rotatable bonds is 10. The van der Waals surface area contributed by atoms with E-state index < -0.39 is 0 Å². The highest BCUT2D eigenvalue weighted by atomic mass is 16.3.